The molecule has 4 bridgehead atoms. The summed E-state index contributed by atoms with van der Waals surface area (Å²) in [6.07, 6.45) is 5.92. The maximum atomic E-state index is 11.4. The molecule has 4 rings (SSSR count). The third-order valence-corrected chi connectivity index (χ3v) is 5.51. The van der Waals surface area contributed by atoms with Crippen LogP contribution in [0.2, 0.25) is 0 Å². The molecule has 2 unspecified atom stereocenters. The molecule has 18 heavy (non-hydrogen) atoms. The normalized spacial score (nSPS) is 45.4. The molecule has 100 valence electrons. The predicted molar refractivity (Wildman–Crippen MR) is 64.0 cm³/mol. The summed E-state index contributed by atoms with van der Waals surface area (Å²) in [6, 6.07) is 0. The van der Waals surface area contributed by atoms with Crippen molar-refractivity contribution in [3.05, 3.63) is 0 Å². The van der Waals surface area contributed by atoms with Crippen LogP contribution in [-0.2, 0) is 9.59 Å². The van der Waals surface area contributed by atoms with E-state index in [0.717, 1.165) is 32.1 Å². The van der Waals surface area contributed by atoms with Crippen molar-refractivity contribution in [1.82, 2.24) is 0 Å². The van der Waals surface area contributed by atoms with Crippen molar-refractivity contribution in [3.63, 3.8) is 0 Å². The van der Waals surface area contributed by atoms with Crippen LogP contribution in [0.15, 0.2) is 0 Å². The first-order chi connectivity index (χ1) is 8.34. The summed E-state index contributed by atoms with van der Waals surface area (Å²) >= 11 is 0. The van der Waals surface area contributed by atoms with Crippen molar-refractivity contribution in [3.8, 4) is 0 Å². The molecule has 0 heterocycles. The summed E-state index contributed by atoms with van der Waals surface area (Å²) in [6.45, 7) is 2.22. The number of carbonyl (C=O) groups is 2. The summed E-state index contributed by atoms with van der Waals surface area (Å²) in [7, 11) is 0. The third kappa shape index (κ3) is 1.57. The van der Waals surface area contributed by atoms with E-state index in [1.165, 1.54) is 6.42 Å². The van der Waals surface area contributed by atoms with Gasteiger partial charge >= 0.3 is 11.9 Å². The molecule has 0 aromatic carbocycles. The minimum Gasteiger partial charge on any atom is -0.481 e. The minimum absolute atomic E-state index is 0.188. The average molecular weight is 252 g/mol. The molecule has 0 aliphatic heterocycles. The Labute approximate surface area is 106 Å². The van der Waals surface area contributed by atoms with Crippen LogP contribution in [0, 0.1) is 28.6 Å². The fourth-order valence-corrected chi connectivity index (χ4v) is 5.77. The molecule has 0 aromatic heterocycles. The molecule has 4 heteroatoms. The van der Waals surface area contributed by atoms with Crippen LogP contribution in [0.4, 0.5) is 0 Å². The van der Waals surface area contributed by atoms with E-state index in [2.05, 4.69) is 6.92 Å². The van der Waals surface area contributed by atoms with E-state index in [9.17, 15) is 19.8 Å². The molecule has 4 nitrogen and oxygen atoms in total. The Kier molecular flexibility index (Phi) is 2.32. The Morgan fingerprint density at radius 3 is 1.94 bits per heavy atom. The topological polar surface area (TPSA) is 74.6 Å². The Hall–Kier alpha value is -1.06. The number of carboxylic acid groups (broad SMARTS) is 2. The molecule has 4 aliphatic rings. The molecule has 4 aliphatic carbocycles. The molecular weight excluding hydrogens is 232 g/mol. The fourth-order valence-electron chi connectivity index (χ4n) is 5.77. The standard InChI is InChI=1S/C14H20O4/c1-13-3-8-2-9(4-13)6-14(5-8,7-13)10(11(15)16)12(17)18/h8-10H,2-7H2,1H3,(H,15,16)(H,17,18)/t8-,9+,13?,14?. The lowest BCUT2D eigenvalue weighted by molar-refractivity contribution is -0.179. The Bertz CT molecular complexity index is 386. The highest BCUT2D eigenvalue weighted by Gasteiger charge is 2.61. The van der Waals surface area contributed by atoms with Crippen LogP contribution >= 0.6 is 0 Å². The maximum Gasteiger partial charge on any atom is 0.318 e. The smallest absolute Gasteiger partial charge is 0.318 e. The van der Waals surface area contributed by atoms with Gasteiger partial charge < -0.3 is 10.2 Å². The SMILES string of the molecule is CC12C[C@H]3C[C@@H](C1)CC(C(C(=O)O)C(=O)O)(C3)C2. The third-order valence-electron chi connectivity index (χ3n) is 5.51. The van der Waals surface area contributed by atoms with E-state index >= 15 is 0 Å². The van der Waals surface area contributed by atoms with Crippen molar-refractivity contribution in [2.75, 3.05) is 0 Å². The van der Waals surface area contributed by atoms with E-state index in [4.69, 9.17) is 0 Å². The molecule has 4 fully saturated rings. The number of carboxylic acids is 2. The number of aliphatic carboxylic acids is 2. The van der Waals surface area contributed by atoms with Crippen LogP contribution in [0.1, 0.15) is 45.4 Å². The van der Waals surface area contributed by atoms with Crippen LogP contribution in [0.25, 0.3) is 0 Å². The van der Waals surface area contributed by atoms with Crippen LogP contribution in [-0.4, -0.2) is 22.2 Å². The quantitative estimate of drug-likeness (QED) is 0.756. The maximum absolute atomic E-state index is 11.4. The zero-order chi connectivity index (χ0) is 13.1. The van der Waals surface area contributed by atoms with Gasteiger partial charge in [-0.25, -0.2) is 0 Å². The largest absolute Gasteiger partial charge is 0.481 e. The van der Waals surface area contributed by atoms with Gasteiger partial charge in [0.05, 0.1) is 0 Å². The lowest BCUT2D eigenvalue weighted by Crippen LogP contribution is -2.56. The second kappa shape index (κ2) is 3.49. The van der Waals surface area contributed by atoms with Gasteiger partial charge in [-0.2, -0.15) is 0 Å². The molecule has 2 N–H and O–H groups in total. The van der Waals surface area contributed by atoms with Crippen molar-refractivity contribution in [2.45, 2.75) is 45.4 Å². The van der Waals surface area contributed by atoms with Gasteiger partial charge in [0.25, 0.3) is 0 Å². The van der Waals surface area contributed by atoms with Gasteiger partial charge in [-0.15, -0.1) is 0 Å². The summed E-state index contributed by atoms with van der Waals surface area (Å²) in [5, 5.41) is 18.6. The molecule has 0 spiro atoms. The van der Waals surface area contributed by atoms with Gasteiger partial charge in [-0.3, -0.25) is 9.59 Å². The highest BCUT2D eigenvalue weighted by molar-refractivity contribution is 5.94. The number of rotatable bonds is 3. The molecule has 0 aromatic rings. The van der Waals surface area contributed by atoms with E-state index in [-0.39, 0.29) is 5.41 Å². The zero-order valence-corrected chi connectivity index (χ0v) is 10.7. The summed E-state index contributed by atoms with van der Waals surface area (Å²) in [4.78, 5) is 22.8. The van der Waals surface area contributed by atoms with Crippen molar-refractivity contribution in [1.29, 1.82) is 0 Å². The Morgan fingerprint density at radius 1 is 1.06 bits per heavy atom. The van der Waals surface area contributed by atoms with Crippen molar-refractivity contribution >= 4 is 11.9 Å². The van der Waals surface area contributed by atoms with Crippen molar-refractivity contribution in [2.24, 2.45) is 28.6 Å². The second-order valence-electron chi connectivity index (χ2n) is 7.24. The lowest BCUT2D eigenvalue weighted by Gasteiger charge is -2.62. The van der Waals surface area contributed by atoms with Crippen LogP contribution in [0.5, 0.6) is 0 Å². The minimum atomic E-state index is -1.21. The molecule has 4 atom stereocenters. The van der Waals surface area contributed by atoms with Gasteiger partial charge in [0.15, 0.2) is 5.92 Å². The summed E-state index contributed by atoms with van der Waals surface area (Å²) in [5.74, 6) is -2.39. The van der Waals surface area contributed by atoms with Gasteiger partial charge in [0, 0.05) is 0 Å². The second-order valence-corrected chi connectivity index (χ2v) is 7.24. The summed E-state index contributed by atoms with van der Waals surface area (Å²) < 4.78 is 0. The average Bonchev–Trinajstić information content (AvgIpc) is 2.09. The molecule has 4 saturated carbocycles. The molecule has 0 saturated heterocycles. The number of hydrogen-bond acceptors (Lipinski definition) is 2. The van der Waals surface area contributed by atoms with Gasteiger partial charge in [0.2, 0.25) is 0 Å². The zero-order valence-electron chi connectivity index (χ0n) is 10.7. The van der Waals surface area contributed by atoms with E-state index < -0.39 is 23.3 Å². The first-order valence-electron chi connectivity index (χ1n) is 6.79. The highest BCUT2D eigenvalue weighted by Crippen LogP contribution is 2.67. The van der Waals surface area contributed by atoms with E-state index in [1.54, 1.807) is 0 Å². The molecule has 0 amide bonds. The van der Waals surface area contributed by atoms with Gasteiger partial charge in [-0.1, -0.05) is 6.92 Å². The lowest BCUT2D eigenvalue weighted by atomic mass is 9.42. The number of hydrogen-bond donors (Lipinski definition) is 2. The fraction of sp³-hybridized carbons (Fsp3) is 0.857. The first-order valence-corrected chi connectivity index (χ1v) is 6.79. The monoisotopic (exact) mass is 252 g/mol. The first kappa shape index (κ1) is 12.0. The van der Waals surface area contributed by atoms with Gasteiger partial charge in [0.1, 0.15) is 0 Å². The summed E-state index contributed by atoms with van der Waals surface area (Å²) in [5.41, 5.74) is -0.288. The van der Waals surface area contributed by atoms with E-state index in [0.29, 0.717) is 11.8 Å². The van der Waals surface area contributed by atoms with Gasteiger partial charge in [-0.05, 0) is 61.2 Å². The van der Waals surface area contributed by atoms with Crippen LogP contribution in [0.3, 0.4) is 0 Å². The Morgan fingerprint density at radius 2 is 1.56 bits per heavy atom. The highest BCUT2D eigenvalue weighted by atomic mass is 16.4. The van der Waals surface area contributed by atoms with Crippen molar-refractivity contribution < 1.29 is 19.8 Å². The Balaban J connectivity index is 1.99. The van der Waals surface area contributed by atoms with Crippen LogP contribution < -0.4 is 0 Å². The predicted octanol–water partition coefficient (Wildman–Crippen LogP) is 2.38. The molecule has 0 radical (unpaired) electrons. The molecular formula is C14H20O4. The van der Waals surface area contributed by atoms with E-state index in [1.807, 2.05) is 0 Å².